The number of hydrogen-bond acceptors (Lipinski definition) is 1. The van der Waals surface area contributed by atoms with Gasteiger partial charge >= 0.3 is 6.18 Å². The molecule has 1 N–H and O–H groups in total. The Morgan fingerprint density at radius 2 is 1.79 bits per heavy atom. The van der Waals surface area contributed by atoms with Crippen molar-refractivity contribution in [1.82, 2.24) is 5.32 Å². The van der Waals surface area contributed by atoms with Gasteiger partial charge in [-0.3, -0.25) is 0 Å². The van der Waals surface area contributed by atoms with Gasteiger partial charge in [0.2, 0.25) is 0 Å². The molecule has 0 aliphatic carbocycles. The molecule has 0 spiro atoms. The van der Waals surface area contributed by atoms with Gasteiger partial charge in [0, 0.05) is 11.8 Å². The van der Waals surface area contributed by atoms with Gasteiger partial charge in [-0.05, 0) is 18.2 Å². The summed E-state index contributed by atoms with van der Waals surface area (Å²) in [7, 11) is 0. The second-order valence-corrected chi connectivity index (χ2v) is 2.89. The topological polar surface area (TPSA) is 21.9 Å². The maximum absolute atomic E-state index is 13.1. The fourth-order valence-electron chi connectivity index (χ4n) is 1.10. The molecule has 1 heterocycles. The third kappa shape index (κ3) is 1.57. The van der Waals surface area contributed by atoms with Crippen molar-refractivity contribution in [2.45, 2.75) is 6.18 Å². The second-order valence-electron chi connectivity index (χ2n) is 2.89. The third-order valence-electron chi connectivity index (χ3n) is 1.88. The Balaban J connectivity index is 2.40. The molecule has 0 saturated heterocycles. The van der Waals surface area contributed by atoms with Crippen molar-refractivity contribution in [2.75, 3.05) is 0 Å². The van der Waals surface area contributed by atoms with Gasteiger partial charge < -0.3 is 5.32 Å². The average molecular weight is 203 g/mol. The van der Waals surface area contributed by atoms with Crippen molar-refractivity contribution in [3.05, 3.63) is 41.3 Å². The van der Waals surface area contributed by atoms with Crippen molar-refractivity contribution in [3.63, 3.8) is 0 Å². The van der Waals surface area contributed by atoms with Gasteiger partial charge in [0.25, 0.3) is 0 Å². The van der Waals surface area contributed by atoms with Crippen molar-refractivity contribution < 1.29 is 17.6 Å². The van der Waals surface area contributed by atoms with Crippen molar-refractivity contribution in [3.8, 4) is 0 Å². The van der Waals surface area contributed by atoms with Gasteiger partial charge in [-0.2, -0.15) is 13.2 Å². The molecule has 1 aromatic rings. The molecule has 0 unspecified atom stereocenters. The number of nitrogens with one attached hydrogen (secondary N) is 1. The average Bonchev–Trinajstić information content (AvgIpc) is 2.85. The van der Waals surface area contributed by atoms with Gasteiger partial charge in [0.05, 0.1) is 11.3 Å². The standard InChI is InChI=1S/C9H5F4N/c10-7-3-5(9(11,12)13)1-2-6(7)8-4-14-8/h1-4,14H. The fourth-order valence-corrected chi connectivity index (χ4v) is 1.10. The number of hydrogen-bond donors (Lipinski definition) is 1. The number of alkyl halides is 3. The van der Waals surface area contributed by atoms with E-state index in [0.717, 1.165) is 12.1 Å². The first kappa shape index (κ1) is 9.05. The minimum Gasteiger partial charge on any atom is -0.358 e. The number of rotatable bonds is 1. The second kappa shape index (κ2) is 2.73. The molecule has 14 heavy (non-hydrogen) atoms. The number of benzene rings is 1. The predicted octanol–water partition coefficient (Wildman–Crippen LogP) is 2.75. The lowest BCUT2D eigenvalue weighted by molar-refractivity contribution is -0.137. The van der Waals surface area contributed by atoms with Gasteiger partial charge in [0.1, 0.15) is 5.82 Å². The monoisotopic (exact) mass is 203 g/mol. The van der Waals surface area contributed by atoms with Gasteiger partial charge in [0.15, 0.2) is 0 Å². The lowest BCUT2D eigenvalue weighted by Gasteiger charge is -2.07. The summed E-state index contributed by atoms with van der Waals surface area (Å²) in [5, 5.41) is 2.62. The van der Waals surface area contributed by atoms with E-state index in [-0.39, 0.29) is 5.56 Å². The van der Waals surface area contributed by atoms with Crippen LogP contribution in [0.2, 0.25) is 0 Å². The van der Waals surface area contributed by atoms with E-state index in [1.54, 1.807) is 0 Å². The molecular weight excluding hydrogens is 198 g/mol. The van der Waals surface area contributed by atoms with Crippen LogP contribution in [0.15, 0.2) is 24.4 Å². The predicted molar refractivity (Wildman–Crippen MR) is 42.5 cm³/mol. The molecule has 1 aliphatic rings. The molecule has 0 amide bonds. The Kier molecular flexibility index (Phi) is 1.77. The smallest absolute Gasteiger partial charge is 0.358 e. The van der Waals surface area contributed by atoms with E-state index < -0.39 is 17.6 Å². The molecule has 0 atom stereocenters. The summed E-state index contributed by atoms with van der Waals surface area (Å²) in [4.78, 5) is 0. The molecule has 2 rings (SSSR count). The highest BCUT2D eigenvalue weighted by Crippen LogP contribution is 2.32. The van der Waals surface area contributed by atoms with Gasteiger partial charge in [-0.15, -0.1) is 0 Å². The zero-order valence-corrected chi connectivity index (χ0v) is 6.82. The van der Waals surface area contributed by atoms with E-state index in [1.807, 2.05) is 0 Å². The SMILES string of the molecule is Fc1cc(C(F)(F)F)ccc1C1=CN1. The minimum atomic E-state index is -4.50. The molecule has 5 heteroatoms. The lowest BCUT2D eigenvalue weighted by Crippen LogP contribution is -2.05. The Morgan fingerprint density at radius 1 is 1.14 bits per heavy atom. The first-order valence-electron chi connectivity index (χ1n) is 3.82. The van der Waals surface area contributed by atoms with Crippen molar-refractivity contribution in [1.29, 1.82) is 0 Å². The van der Waals surface area contributed by atoms with Crippen LogP contribution in [0.5, 0.6) is 0 Å². The van der Waals surface area contributed by atoms with Crippen molar-refractivity contribution >= 4 is 5.70 Å². The van der Waals surface area contributed by atoms with Crippen LogP contribution in [0.4, 0.5) is 17.6 Å². The first-order valence-corrected chi connectivity index (χ1v) is 3.82. The Bertz CT molecular complexity index is 406. The summed E-state index contributed by atoms with van der Waals surface area (Å²) in [6.07, 6.45) is -2.98. The molecule has 1 nitrogen and oxygen atoms in total. The summed E-state index contributed by atoms with van der Waals surface area (Å²) < 4.78 is 49.4. The van der Waals surface area contributed by atoms with Crippen LogP contribution in [0.3, 0.4) is 0 Å². The van der Waals surface area contributed by atoms with Gasteiger partial charge in [-0.1, -0.05) is 0 Å². The van der Waals surface area contributed by atoms with Crippen LogP contribution in [0.1, 0.15) is 11.1 Å². The maximum Gasteiger partial charge on any atom is 0.416 e. The quantitative estimate of drug-likeness (QED) is 0.696. The fraction of sp³-hybridized carbons (Fsp3) is 0.111. The first-order chi connectivity index (χ1) is 6.48. The molecular formula is C9H5F4N. The Hall–Kier alpha value is -1.52. The van der Waals surface area contributed by atoms with Crippen molar-refractivity contribution in [2.24, 2.45) is 0 Å². The minimum absolute atomic E-state index is 0.165. The zero-order valence-electron chi connectivity index (χ0n) is 6.82. The summed E-state index contributed by atoms with van der Waals surface area (Å²) in [5.41, 5.74) is -0.283. The van der Waals surface area contributed by atoms with Crippen LogP contribution in [0, 0.1) is 5.82 Å². The van der Waals surface area contributed by atoms with E-state index >= 15 is 0 Å². The molecule has 0 saturated carbocycles. The zero-order chi connectivity index (χ0) is 10.3. The summed E-state index contributed by atoms with van der Waals surface area (Å²) in [6.45, 7) is 0. The van der Waals surface area contributed by atoms with Crippen LogP contribution in [0.25, 0.3) is 5.70 Å². The van der Waals surface area contributed by atoms with Crippen LogP contribution < -0.4 is 5.32 Å². The lowest BCUT2D eigenvalue weighted by atomic mass is 10.1. The number of halogens is 4. The largest absolute Gasteiger partial charge is 0.416 e. The normalized spacial score (nSPS) is 14.7. The van der Waals surface area contributed by atoms with Crippen LogP contribution in [-0.2, 0) is 6.18 Å². The van der Waals surface area contributed by atoms with Crippen LogP contribution >= 0.6 is 0 Å². The highest BCUT2D eigenvalue weighted by molar-refractivity contribution is 5.74. The molecule has 1 aromatic carbocycles. The Labute approximate surface area is 77.0 Å². The molecule has 1 aliphatic heterocycles. The summed E-state index contributed by atoms with van der Waals surface area (Å²) in [6, 6.07) is 2.47. The molecule has 74 valence electrons. The summed E-state index contributed by atoms with van der Waals surface area (Å²) >= 11 is 0. The highest BCUT2D eigenvalue weighted by atomic mass is 19.4. The summed E-state index contributed by atoms with van der Waals surface area (Å²) in [5.74, 6) is -0.865. The van der Waals surface area contributed by atoms with E-state index in [4.69, 9.17) is 0 Å². The molecule has 0 radical (unpaired) electrons. The van der Waals surface area contributed by atoms with E-state index in [1.165, 1.54) is 6.20 Å². The highest BCUT2D eigenvalue weighted by Gasteiger charge is 2.31. The molecule has 0 aromatic heterocycles. The van der Waals surface area contributed by atoms with Gasteiger partial charge in [-0.25, -0.2) is 4.39 Å². The maximum atomic E-state index is 13.1. The van der Waals surface area contributed by atoms with Crippen LogP contribution in [-0.4, -0.2) is 0 Å². The van der Waals surface area contributed by atoms with E-state index in [0.29, 0.717) is 11.8 Å². The molecule has 0 fully saturated rings. The third-order valence-corrected chi connectivity index (χ3v) is 1.88. The van der Waals surface area contributed by atoms with E-state index in [9.17, 15) is 17.6 Å². The Morgan fingerprint density at radius 3 is 2.21 bits per heavy atom. The van der Waals surface area contributed by atoms with E-state index in [2.05, 4.69) is 5.32 Å². The molecule has 0 bridgehead atoms.